The smallest absolute Gasteiger partial charge is 0.232 e. The molecule has 144 valence electrons. The lowest BCUT2D eigenvalue weighted by Crippen LogP contribution is -2.24. The molecule has 3 aromatic rings. The topological polar surface area (TPSA) is 77.7 Å². The van der Waals surface area contributed by atoms with Crippen molar-refractivity contribution in [1.82, 2.24) is 10.1 Å². The van der Waals surface area contributed by atoms with Gasteiger partial charge in [-0.1, -0.05) is 28.9 Å². The Bertz CT molecular complexity index is 997. The van der Waals surface area contributed by atoms with Crippen LogP contribution in [0.15, 0.2) is 47.0 Å². The Hall–Kier alpha value is -3.35. The van der Waals surface area contributed by atoms with Crippen LogP contribution in [0, 0.1) is 6.92 Å². The standard InChI is InChI=1S/C21H21N3O4/c1-13-7-9-15(10-8-13)24-12-14(11-18(24)25)21-22-20(23-28-21)16-5-4-6-17(26-2)19(16)27-3/h4-10,14H,11-12H2,1-3H3/t14-/m1/s1. The van der Waals surface area contributed by atoms with Crippen LogP contribution in [0.1, 0.15) is 23.8 Å². The zero-order valence-electron chi connectivity index (χ0n) is 16.0. The summed E-state index contributed by atoms with van der Waals surface area (Å²) in [5.74, 6) is 1.89. The highest BCUT2D eigenvalue weighted by Crippen LogP contribution is 2.38. The number of ether oxygens (including phenoxy) is 2. The summed E-state index contributed by atoms with van der Waals surface area (Å²) in [5, 5.41) is 4.10. The lowest BCUT2D eigenvalue weighted by Gasteiger charge is -2.16. The number of carbonyl (C=O) groups excluding carboxylic acids is 1. The van der Waals surface area contributed by atoms with Crippen molar-refractivity contribution in [2.45, 2.75) is 19.3 Å². The Kier molecular flexibility index (Phi) is 4.73. The van der Waals surface area contributed by atoms with Gasteiger partial charge in [-0.15, -0.1) is 0 Å². The number of hydrogen-bond donors (Lipinski definition) is 0. The summed E-state index contributed by atoms with van der Waals surface area (Å²) in [4.78, 5) is 18.8. The maximum Gasteiger partial charge on any atom is 0.232 e. The average molecular weight is 379 g/mol. The van der Waals surface area contributed by atoms with Crippen LogP contribution < -0.4 is 14.4 Å². The third kappa shape index (κ3) is 3.19. The Labute approximate surface area is 162 Å². The first kappa shape index (κ1) is 18.0. The molecule has 0 bridgehead atoms. The van der Waals surface area contributed by atoms with E-state index < -0.39 is 0 Å². The number of aromatic nitrogens is 2. The predicted molar refractivity (Wildman–Crippen MR) is 104 cm³/mol. The first-order valence-electron chi connectivity index (χ1n) is 9.02. The molecule has 0 unspecified atom stereocenters. The van der Waals surface area contributed by atoms with Gasteiger partial charge in [-0.2, -0.15) is 4.98 Å². The lowest BCUT2D eigenvalue weighted by molar-refractivity contribution is -0.117. The van der Waals surface area contributed by atoms with Crippen LogP contribution in [0.2, 0.25) is 0 Å². The normalized spacial score (nSPS) is 16.5. The van der Waals surface area contributed by atoms with E-state index in [1.54, 1.807) is 25.2 Å². The molecule has 0 N–H and O–H groups in total. The second-order valence-electron chi connectivity index (χ2n) is 6.74. The van der Waals surface area contributed by atoms with Crippen LogP contribution in [-0.2, 0) is 4.79 Å². The van der Waals surface area contributed by atoms with Crippen molar-refractivity contribution >= 4 is 11.6 Å². The molecule has 7 heteroatoms. The number of anilines is 1. The highest BCUT2D eigenvalue weighted by atomic mass is 16.5. The maximum atomic E-state index is 12.5. The van der Waals surface area contributed by atoms with Gasteiger partial charge in [0.05, 0.1) is 25.7 Å². The van der Waals surface area contributed by atoms with E-state index in [1.165, 1.54) is 0 Å². The predicted octanol–water partition coefficient (Wildman–Crippen LogP) is 3.58. The van der Waals surface area contributed by atoms with Crippen molar-refractivity contribution in [2.75, 3.05) is 25.7 Å². The molecule has 0 spiro atoms. The van der Waals surface area contributed by atoms with Gasteiger partial charge >= 0.3 is 0 Å². The van der Waals surface area contributed by atoms with E-state index in [0.29, 0.717) is 41.7 Å². The average Bonchev–Trinajstić information content (AvgIpc) is 3.35. The first-order chi connectivity index (χ1) is 13.6. The Morgan fingerprint density at radius 2 is 1.89 bits per heavy atom. The van der Waals surface area contributed by atoms with Crippen molar-refractivity contribution < 1.29 is 18.8 Å². The number of hydrogen-bond acceptors (Lipinski definition) is 6. The molecule has 1 amide bonds. The highest BCUT2D eigenvalue weighted by molar-refractivity contribution is 5.96. The number of para-hydroxylation sites is 1. The number of nitrogens with zero attached hydrogens (tertiary/aromatic N) is 3. The lowest BCUT2D eigenvalue weighted by atomic mass is 10.1. The molecule has 0 radical (unpaired) electrons. The first-order valence-corrected chi connectivity index (χ1v) is 9.02. The van der Waals surface area contributed by atoms with Crippen LogP contribution in [0.5, 0.6) is 11.5 Å². The monoisotopic (exact) mass is 379 g/mol. The van der Waals surface area contributed by atoms with Gasteiger partial charge in [-0.05, 0) is 31.2 Å². The zero-order chi connectivity index (χ0) is 19.7. The number of methoxy groups -OCH3 is 2. The number of amides is 1. The summed E-state index contributed by atoms with van der Waals surface area (Å²) in [6.07, 6.45) is 0.338. The maximum absolute atomic E-state index is 12.5. The second kappa shape index (κ2) is 7.34. The van der Waals surface area contributed by atoms with Crippen LogP contribution >= 0.6 is 0 Å². The van der Waals surface area contributed by atoms with Gasteiger partial charge < -0.3 is 18.9 Å². The van der Waals surface area contributed by atoms with E-state index in [9.17, 15) is 4.79 Å². The third-order valence-corrected chi connectivity index (χ3v) is 4.91. The third-order valence-electron chi connectivity index (χ3n) is 4.91. The fourth-order valence-corrected chi connectivity index (χ4v) is 3.42. The zero-order valence-corrected chi connectivity index (χ0v) is 16.0. The minimum absolute atomic E-state index is 0.0487. The molecule has 0 aliphatic carbocycles. The molecule has 2 heterocycles. The molecular formula is C21H21N3O4. The van der Waals surface area contributed by atoms with Crippen molar-refractivity contribution in [3.8, 4) is 22.9 Å². The summed E-state index contributed by atoms with van der Waals surface area (Å²) in [6.45, 7) is 2.53. The van der Waals surface area contributed by atoms with E-state index >= 15 is 0 Å². The minimum Gasteiger partial charge on any atom is -0.493 e. The molecule has 4 rings (SSSR count). The van der Waals surface area contributed by atoms with Crippen LogP contribution in [-0.4, -0.2) is 36.8 Å². The van der Waals surface area contributed by atoms with E-state index in [4.69, 9.17) is 14.0 Å². The van der Waals surface area contributed by atoms with E-state index in [1.807, 2.05) is 43.3 Å². The summed E-state index contributed by atoms with van der Waals surface area (Å²) in [7, 11) is 3.14. The molecule has 1 aromatic heterocycles. The Balaban J connectivity index is 1.59. The van der Waals surface area contributed by atoms with Gasteiger partial charge in [-0.3, -0.25) is 4.79 Å². The van der Waals surface area contributed by atoms with Crippen molar-refractivity contribution in [1.29, 1.82) is 0 Å². The van der Waals surface area contributed by atoms with Crippen LogP contribution in [0.25, 0.3) is 11.4 Å². The molecule has 2 aromatic carbocycles. The summed E-state index contributed by atoms with van der Waals surface area (Å²) >= 11 is 0. The highest BCUT2D eigenvalue weighted by Gasteiger charge is 2.35. The van der Waals surface area contributed by atoms with E-state index in [0.717, 1.165) is 11.3 Å². The molecule has 1 fully saturated rings. The number of rotatable bonds is 5. The summed E-state index contributed by atoms with van der Waals surface area (Å²) < 4.78 is 16.3. The van der Waals surface area contributed by atoms with Crippen molar-refractivity contribution in [2.24, 2.45) is 0 Å². The number of carbonyl (C=O) groups is 1. The Morgan fingerprint density at radius 1 is 1.11 bits per heavy atom. The molecule has 1 saturated heterocycles. The quantitative estimate of drug-likeness (QED) is 0.674. The van der Waals surface area contributed by atoms with E-state index in [2.05, 4.69) is 10.1 Å². The van der Waals surface area contributed by atoms with Crippen molar-refractivity contribution in [3.05, 3.63) is 53.9 Å². The number of benzene rings is 2. The minimum atomic E-state index is -0.147. The molecular weight excluding hydrogens is 358 g/mol. The van der Waals surface area contributed by atoms with Gasteiger partial charge in [0, 0.05) is 18.7 Å². The van der Waals surface area contributed by atoms with E-state index in [-0.39, 0.29) is 11.8 Å². The van der Waals surface area contributed by atoms with Crippen LogP contribution in [0.3, 0.4) is 0 Å². The molecule has 1 aliphatic heterocycles. The number of aryl methyl sites for hydroxylation is 1. The summed E-state index contributed by atoms with van der Waals surface area (Å²) in [6, 6.07) is 13.4. The SMILES string of the molecule is COc1cccc(-c2noc([C@@H]3CC(=O)N(c4ccc(C)cc4)C3)n2)c1OC. The fourth-order valence-electron chi connectivity index (χ4n) is 3.42. The van der Waals surface area contributed by atoms with Gasteiger partial charge in [0.15, 0.2) is 11.5 Å². The molecule has 28 heavy (non-hydrogen) atoms. The molecule has 7 nitrogen and oxygen atoms in total. The van der Waals surface area contributed by atoms with Crippen LogP contribution in [0.4, 0.5) is 5.69 Å². The van der Waals surface area contributed by atoms with Crippen molar-refractivity contribution in [3.63, 3.8) is 0 Å². The second-order valence-corrected chi connectivity index (χ2v) is 6.74. The van der Waals surface area contributed by atoms with Gasteiger partial charge in [0.25, 0.3) is 0 Å². The molecule has 0 saturated carbocycles. The van der Waals surface area contributed by atoms with Gasteiger partial charge in [0.2, 0.25) is 17.6 Å². The van der Waals surface area contributed by atoms with Gasteiger partial charge in [0.1, 0.15) is 0 Å². The Morgan fingerprint density at radius 3 is 2.61 bits per heavy atom. The fraction of sp³-hybridized carbons (Fsp3) is 0.286. The largest absolute Gasteiger partial charge is 0.493 e. The molecule has 1 atom stereocenters. The molecule has 1 aliphatic rings. The summed E-state index contributed by atoms with van der Waals surface area (Å²) in [5.41, 5.74) is 2.71. The van der Waals surface area contributed by atoms with Gasteiger partial charge in [-0.25, -0.2) is 0 Å².